The van der Waals surface area contributed by atoms with Gasteiger partial charge in [-0.1, -0.05) is 19.9 Å². The van der Waals surface area contributed by atoms with Gasteiger partial charge in [0.25, 0.3) is 0 Å². The molecule has 0 bridgehead atoms. The minimum Gasteiger partial charge on any atom is -0.397 e. The lowest BCUT2D eigenvalue weighted by atomic mass is 10.0. The molecule has 0 heterocycles. The summed E-state index contributed by atoms with van der Waals surface area (Å²) in [6.45, 7) is 8.82. The van der Waals surface area contributed by atoms with Crippen LogP contribution in [0.4, 0.5) is 11.4 Å². The number of nitrogen functional groups attached to an aromatic ring is 1. The molecule has 0 spiro atoms. The second kappa shape index (κ2) is 5.24. The van der Waals surface area contributed by atoms with E-state index < -0.39 is 0 Å². The second-order valence-electron chi connectivity index (χ2n) is 5.15. The van der Waals surface area contributed by atoms with Crippen molar-refractivity contribution in [2.45, 2.75) is 40.2 Å². The predicted octanol–water partition coefficient (Wildman–Crippen LogP) is 3.45. The first-order valence-corrected chi connectivity index (χ1v) is 6.00. The quantitative estimate of drug-likeness (QED) is 0.787. The van der Waals surface area contributed by atoms with Gasteiger partial charge in [0, 0.05) is 13.1 Å². The number of anilines is 2. The number of aryl methyl sites for hydroxylation is 1. The number of hydrogen-bond acceptors (Lipinski definition) is 2. The fourth-order valence-corrected chi connectivity index (χ4v) is 2.07. The van der Waals surface area contributed by atoms with Crippen LogP contribution in [0, 0.1) is 12.8 Å². The summed E-state index contributed by atoms with van der Waals surface area (Å²) in [6, 6.07) is 6.78. The van der Waals surface area contributed by atoms with Gasteiger partial charge in [0.05, 0.1) is 11.4 Å². The highest BCUT2D eigenvalue weighted by Crippen LogP contribution is 2.26. The van der Waals surface area contributed by atoms with Crippen LogP contribution in [0.1, 0.15) is 32.8 Å². The molecular formula is C14H24N2. The SMILES string of the molecule is Cc1ccc(N(C)C(C)CC(C)C)c(N)c1. The molecule has 0 saturated heterocycles. The lowest BCUT2D eigenvalue weighted by Gasteiger charge is -2.29. The Morgan fingerprint density at radius 3 is 2.38 bits per heavy atom. The van der Waals surface area contributed by atoms with E-state index in [0.29, 0.717) is 12.0 Å². The van der Waals surface area contributed by atoms with Crippen molar-refractivity contribution in [2.75, 3.05) is 17.7 Å². The summed E-state index contributed by atoms with van der Waals surface area (Å²) >= 11 is 0. The summed E-state index contributed by atoms with van der Waals surface area (Å²) in [5, 5.41) is 0. The summed E-state index contributed by atoms with van der Waals surface area (Å²) in [4.78, 5) is 2.27. The smallest absolute Gasteiger partial charge is 0.0599 e. The van der Waals surface area contributed by atoms with Gasteiger partial charge in [-0.3, -0.25) is 0 Å². The van der Waals surface area contributed by atoms with E-state index in [1.54, 1.807) is 0 Å². The van der Waals surface area contributed by atoms with Crippen LogP contribution in [0.5, 0.6) is 0 Å². The van der Waals surface area contributed by atoms with Crippen molar-refractivity contribution in [3.8, 4) is 0 Å². The standard InChI is InChI=1S/C14H24N2/c1-10(2)8-12(4)16(5)14-7-6-11(3)9-13(14)15/h6-7,9-10,12H,8,15H2,1-5H3. The first-order valence-electron chi connectivity index (χ1n) is 6.00. The number of nitrogens with two attached hydrogens (primary N) is 1. The van der Waals surface area contributed by atoms with Crippen molar-refractivity contribution in [1.29, 1.82) is 0 Å². The molecular weight excluding hydrogens is 196 g/mol. The first kappa shape index (κ1) is 12.9. The van der Waals surface area contributed by atoms with Crippen molar-refractivity contribution >= 4 is 11.4 Å². The van der Waals surface area contributed by atoms with Crippen LogP contribution in [0.15, 0.2) is 18.2 Å². The molecule has 1 unspecified atom stereocenters. The molecule has 1 rings (SSSR count). The molecule has 2 nitrogen and oxygen atoms in total. The van der Waals surface area contributed by atoms with E-state index in [-0.39, 0.29) is 0 Å². The largest absolute Gasteiger partial charge is 0.397 e. The normalized spacial score (nSPS) is 12.9. The minimum absolute atomic E-state index is 0.519. The molecule has 0 saturated carbocycles. The Balaban J connectivity index is 2.83. The molecule has 0 aliphatic heterocycles. The molecule has 0 radical (unpaired) electrons. The third kappa shape index (κ3) is 3.16. The highest BCUT2D eigenvalue weighted by atomic mass is 15.1. The van der Waals surface area contributed by atoms with Gasteiger partial charge < -0.3 is 10.6 Å². The molecule has 1 aromatic carbocycles. The van der Waals surface area contributed by atoms with Crippen LogP contribution in [0.3, 0.4) is 0 Å². The van der Waals surface area contributed by atoms with Gasteiger partial charge >= 0.3 is 0 Å². The minimum atomic E-state index is 0.519. The van der Waals surface area contributed by atoms with E-state index >= 15 is 0 Å². The molecule has 0 aliphatic rings. The number of nitrogens with zero attached hydrogens (tertiary/aromatic N) is 1. The van der Waals surface area contributed by atoms with E-state index in [4.69, 9.17) is 5.73 Å². The van der Waals surface area contributed by atoms with Crippen LogP contribution < -0.4 is 10.6 Å². The van der Waals surface area contributed by atoms with E-state index in [1.807, 2.05) is 6.07 Å². The van der Waals surface area contributed by atoms with E-state index in [2.05, 4.69) is 51.8 Å². The lowest BCUT2D eigenvalue weighted by Crippen LogP contribution is -2.30. The highest BCUT2D eigenvalue weighted by molar-refractivity contribution is 5.68. The van der Waals surface area contributed by atoms with Crippen LogP contribution >= 0.6 is 0 Å². The van der Waals surface area contributed by atoms with Crippen molar-refractivity contribution < 1.29 is 0 Å². The Hall–Kier alpha value is -1.18. The van der Waals surface area contributed by atoms with E-state index in [0.717, 1.165) is 11.4 Å². The van der Waals surface area contributed by atoms with Gasteiger partial charge in [0.1, 0.15) is 0 Å². The van der Waals surface area contributed by atoms with Crippen molar-refractivity contribution in [2.24, 2.45) is 5.92 Å². The predicted molar refractivity (Wildman–Crippen MR) is 72.9 cm³/mol. The average molecular weight is 220 g/mol. The lowest BCUT2D eigenvalue weighted by molar-refractivity contribution is 0.504. The maximum absolute atomic E-state index is 6.05. The van der Waals surface area contributed by atoms with Crippen molar-refractivity contribution in [3.63, 3.8) is 0 Å². The molecule has 0 aromatic heterocycles. The van der Waals surface area contributed by atoms with E-state index in [1.165, 1.54) is 12.0 Å². The zero-order chi connectivity index (χ0) is 12.3. The van der Waals surface area contributed by atoms with Crippen LogP contribution in [-0.2, 0) is 0 Å². The Morgan fingerprint density at radius 1 is 1.25 bits per heavy atom. The van der Waals surface area contributed by atoms with Gasteiger partial charge in [0.2, 0.25) is 0 Å². The van der Waals surface area contributed by atoms with Crippen molar-refractivity contribution in [3.05, 3.63) is 23.8 Å². The molecule has 0 amide bonds. The van der Waals surface area contributed by atoms with Crippen molar-refractivity contribution in [1.82, 2.24) is 0 Å². The summed E-state index contributed by atoms with van der Waals surface area (Å²) < 4.78 is 0. The maximum atomic E-state index is 6.05. The number of hydrogen-bond donors (Lipinski definition) is 1. The summed E-state index contributed by atoms with van der Waals surface area (Å²) in [5.74, 6) is 0.712. The summed E-state index contributed by atoms with van der Waals surface area (Å²) in [6.07, 6.45) is 1.18. The molecule has 16 heavy (non-hydrogen) atoms. The average Bonchev–Trinajstić information content (AvgIpc) is 2.15. The third-order valence-corrected chi connectivity index (χ3v) is 3.04. The Kier molecular flexibility index (Phi) is 4.22. The maximum Gasteiger partial charge on any atom is 0.0599 e. The Labute approximate surface area is 99.5 Å². The monoisotopic (exact) mass is 220 g/mol. The molecule has 90 valence electrons. The zero-order valence-corrected chi connectivity index (χ0v) is 11.1. The second-order valence-corrected chi connectivity index (χ2v) is 5.15. The Morgan fingerprint density at radius 2 is 1.88 bits per heavy atom. The number of rotatable bonds is 4. The van der Waals surface area contributed by atoms with Crippen LogP contribution in [0.25, 0.3) is 0 Å². The fourth-order valence-electron chi connectivity index (χ4n) is 2.07. The van der Waals surface area contributed by atoms with Gasteiger partial charge in [-0.2, -0.15) is 0 Å². The van der Waals surface area contributed by atoms with Gasteiger partial charge in [-0.05, 0) is 43.9 Å². The van der Waals surface area contributed by atoms with Gasteiger partial charge in [0.15, 0.2) is 0 Å². The zero-order valence-electron chi connectivity index (χ0n) is 11.1. The van der Waals surface area contributed by atoms with Crippen LogP contribution in [-0.4, -0.2) is 13.1 Å². The topological polar surface area (TPSA) is 29.3 Å². The molecule has 0 fully saturated rings. The Bertz CT molecular complexity index is 345. The van der Waals surface area contributed by atoms with Gasteiger partial charge in [-0.15, -0.1) is 0 Å². The number of benzene rings is 1. The van der Waals surface area contributed by atoms with E-state index in [9.17, 15) is 0 Å². The first-order chi connectivity index (χ1) is 7.41. The summed E-state index contributed by atoms with van der Waals surface area (Å²) in [5.41, 5.74) is 9.27. The molecule has 1 atom stereocenters. The highest BCUT2D eigenvalue weighted by Gasteiger charge is 2.13. The third-order valence-electron chi connectivity index (χ3n) is 3.04. The molecule has 2 heteroatoms. The molecule has 1 aromatic rings. The molecule has 0 aliphatic carbocycles. The molecule has 2 N–H and O–H groups in total. The fraction of sp³-hybridized carbons (Fsp3) is 0.571. The van der Waals surface area contributed by atoms with Gasteiger partial charge in [-0.25, -0.2) is 0 Å². The summed E-state index contributed by atoms with van der Waals surface area (Å²) in [7, 11) is 2.12. The van der Waals surface area contributed by atoms with Crippen LogP contribution in [0.2, 0.25) is 0 Å².